The highest BCUT2D eigenvalue weighted by molar-refractivity contribution is 8.15. The number of rotatable bonds is 6. The lowest BCUT2D eigenvalue weighted by Gasteiger charge is -2.32. The van der Waals surface area contributed by atoms with Gasteiger partial charge in [0.25, 0.3) is 0 Å². The van der Waals surface area contributed by atoms with Gasteiger partial charge in [0, 0.05) is 26.1 Å². The zero-order chi connectivity index (χ0) is 19.5. The molecule has 0 aliphatic carbocycles. The average molecular weight is 402 g/mol. The number of piperidine rings is 1. The van der Waals surface area contributed by atoms with E-state index in [1.54, 1.807) is 12.0 Å². The van der Waals surface area contributed by atoms with Gasteiger partial charge >= 0.3 is 0 Å². The quantitative estimate of drug-likeness (QED) is 0.735. The zero-order valence-electron chi connectivity index (χ0n) is 16.3. The molecule has 2 saturated heterocycles. The standard InChI is InChI=1S/C21H27N3O3S/c1-27-17-6-4-15(5-7-17)2-3-16-8-11-23(12-9-16)19(25)14-18-20(26)24-13-10-22-21(24)28-18/h4-7,16,18H,2-3,8-14H2,1H3/t18-/m0/s1. The minimum absolute atomic E-state index is 0.0592. The molecule has 4 rings (SSSR count). The summed E-state index contributed by atoms with van der Waals surface area (Å²) >= 11 is 1.46. The summed E-state index contributed by atoms with van der Waals surface area (Å²) in [5.74, 6) is 1.72. The Hall–Kier alpha value is -2.02. The lowest BCUT2D eigenvalue weighted by atomic mass is 9.90. The lowest BCUT2D eigenvalue weighted by Crippen LogP contribution is -2.41. The van der Waals surface area contributed by atoms with Crippen molar-refractivity contribution in [1.29, 1.82) is 0 Å². The molecule has 150 valence electrons. The van der Waals surface area contributed by atoms with Crippen LogP contribution in [0.4, 0.5) is 0 Å². The zero-order valence-corrected chi connectivity index (χ0v) is 17.1. The van der Waals surface area contributed by atoms with E-state index in [1.165, 1.54) is 17.3 Å². The van der Waals surface area contributed by atoms with Gasteiger partial charge in [-0.1, -0.05) is 23.9 Å². The second-order valence-electron chi connectivity index (χ2n) is 7.68. The highest BCUT2D eigenvalue weighted by atomic mass is 32.2. The number of carbonyl (C=O) groups is 2. The van der Waals surface area contributed by atoms with Crippen molar-refractivity contribution in [3.63, 3.8) is 0 Å². The molecular formula is C21H27N3O3S. The molecule has 28 heavy (non-hydrogen) atoms. The van der Waals surface area contributed by atoms with Crippen LogP contribution in [-0.4, -0.2) is 65.3 Å². The number of methoxy groups -OCH3 is 1. The molecule has 0 saturated carbocycles. The third-order valence-corrected chi connectivity index (χ3v) is 7.13. The summed E-state index contributed by atoms with van der Waals surface area (Å²) in [6, 6.07) is 8.28. The first-order valence-electron chi connectivity index (χ1n) is 10.1. The predicted octanol–water partition coefficient (Wildman–Crippen LogP) is 2.57. The van der Waals surface area contributed by atoms with Gasteiger partial charge in [-0.3, -0.25) is 19.5 Å². The van der Waals surface area contributed by atoms with Crippen LogP contribution < -0.4 is 4.74 Å². The van der Waals surface area contributed by atoms with Crippen molar-refractivity contribution in [3.8, 4) is 5.75 Å². The van der Waals surface area contributed by atoms with Crippen LogP contribution >= 0.6 is 11.8 Å². The first kappa shape index (κ1) is 19.3. The molecule has 2 fully saturated rings. The SMILES string of the molecule is COc1ccc(CCC2CCN(C(=O)C[C@@H]3SC4=NCCN4C3=O)CC2)cc1. The largest absolute Gasteiger partial charge is 0.497 e. The molecule has 1 aromatic carbocycles. The number of ether oxygens (including phenoxy) is 1. The van der Waals surface area contributed by atoms with Crippen molar-refractivity contribution in [1.82, 2.24) is 9.80 Å². The second-order valence-corrected chi connectivity index (χ2v) is 8.85. The van der Waals surface area contributed by atoms with Gasteiger partial charge < -0.3 is 9.64 Å². The first-order chi connectivity index (χ1) is 13.6. The summed E-state index contributed by atoms with van der Waals surface area (Å²) in [5, 5.41) is 0.527. The van der Waals surface area contributed by atoms with Crippen LogP contribution in [0.1, 0.15) is 31.2 Å². The van der Waals surface area contributed by atoms with Gasteiger partial charge in [-0.15, -0.1) is 0 Å². The van der Waals surface area contributed by atoms with E-state index in [9.17, 15) is 9.59 Å². The van der Waals surface area contributed by atoms with Crippen LogP contribution in [0.25, 0.3) is 0 Å². The summed E-state index contributed by atoms with van der Waals surface area (Å²) in [4.78, 5) is 33.0. The molecule has 1 aromatic rings. The Morgan fingerprint density at radius 1 is 1.21 bits per heavy atom. The average Bonchev–Trinajstić information content (AvgIpc) is 3.30. The number of nitrogens with zero attached hydrogens (tertiary/aromatic N) is 3. The maximum atomic E-state index is 12.7. The molecule has 7 heteroatoms. The van der Waals surface area contributed by atoms with E-state index in [0.717, 1.165) is 49.7 Å². The Bertz CT molecular complexity index is 757. The molecule has 2 amide bonds. The summed E-state index contributed by atoms with van der Waals surface area (Å²) < 4.78 is 5.20. The number of amidine groups is 1. The fourth-order valence-corrected chi connectivity index (χ4v) is 5.32. The summed E-state index contributed by atoms with van der Waals surface area (Å²) in [7, 11) is 1.68. The molecule has 0 radical (unpaired) electrons. The van der Waals surface area contributed by atoms with Gasteiger partial charge in [0.05, 0.1) is 13.7 Å². The predicted molar refractivity (Wildman–Crippen MR) is 111 cm³/mol. The van der Waals surface area contributed by atoms with Crippen LogP contribution in [0.3, 0.4) is 0 Å². The third kappa shape index (κ3) is 4.19. The van der Waals surface area contributed by atoms with Gasteiger partial charge in [-0.2, -0.15) is 0 Å². The van der Waals surface area contributed by atoms with Crippen LogP contribution in [-0.2, 0) is 16.0 Å². The third-order valence-electron chi connectivity index (χ3n) is 5.92. The summed E-state index contributed by atoms with van der Waals surface area (Å²) in [6.45, 7) is 2.98. The first-order valence-corrected chi connectivity index (χ1v) is 10.9. The fourth-order valence-electron chi connectivity index (χ4n) is 4.13. The number of fused-ring (bicyclic) bond motifs is 1. The molecule has 0 bridgehead atoms. The van der Waals surface area contributed by atoms with Crippen LogP contribution in [0.15, 0.2) is 29.3 Å². The number of amides is 2. The van der Waals surface area contributed by atoms with Crippen molar-refractivity contribution in [2.24, 2.45) is 10.9 Å². The fraction of sp³-hybridized carbons (Fsp3) is 0.571. The number of hydrogen-bond acceptors (Lipinski definition) is 5. The summed E-state index contributed by atoms with van der Waals surface area (Å²) in [6.07, 6.45) is 4.61. The Balaban J connectivity index is 1.20. The van der Waals surface area contributed by atoms with Crippen molar-refractivity contribution in [2.45, 2.75) is 37.4 Å². The van der Waals surface area contributed by atoms with Gasteiger partial charge in [-0.05, 0) is 49.3 Å². The molecule has 0 spiro atoms. The second kappa shape index (κ2) is 8.55. The van der Waals surface area contributed by atoms with Crippen molar-refractivity contribution in [3.05, 3.63) is 29.8 Å². The Kier molecular flexibility index (Phi) is 5.90. The van der Waals surface area contributed by atoms with Crippen molar-refractivity contribution in [2.75, 3.05) is 33.3 Å². The maximum absolute atomic E-state index is 12.7. The van der Waals surface area contributed by atoms with Gasteiger partial charge in [-0.25, -0.2) is 0 Å². The molecule has 0 N–H and O–H groups in total. The minimum Gasteiger partial charge on any atom is -0.497 e. The van der Waals surface area contributed by atoms with E-state index in [4.69, 9.17) is 4.74 Å². The monoisotopic (exact) mass is 401 g/mol. The van der Waals surface area contributed by atoms with E-state index >= 15 is 0 Å². The number of likely N-dealkylation sites (tertiary alicyclic amines) is 1. The Morgan fingerprint density at radius 2 is 1.96 bits per heavy atom. The Labute approximate surface area is 170 Å². The molecule has 6 nitrogen and oxygen atoms in total. The van der Waals surface area contributed by atoms with E-state index in [1.807, 2.05) is 17.0 Å². The topological polar surface area (TPSA) is 62.2 Å². The number of carbonyl (C=O) groups excluding carboxylic acids is 2. The molecular weight excluding hydrogens is 374 g/mol. The number of benzene rings is 1. The molecule has 3 heterocycles. The number of thioether (sulfide) groups is 1. The van der Waals surface area contributed by atoms with Crippen LogP contribution in [0.5, 0.6) is 5.75 Å². The number of aryl methyl sites for hydroxylation is 1. The lowest BCUT2D eigenvalue weighted by molar-refractivity contribution is -0.135. The molecule has 0 unspecified atom stereocenters. The van der Waals surface area contributed by atoms with Crippen molar-refractivity contribution >= 4 is 28.7 Å². The number of hydrogen-bond donors (Lipinski definition) is 0. The maximum Gasteiger partial charge on any atom is 0.242 e. The molecule has 0 aromatic heterocycles. The van der Waals surface area contributed by atoms with Crippen molar-refractivity contribution < 1.29 is 14.3 Å². The van der Waals surface area contributed by atoms with Gasteiger partial charge in [0.15, 0.2) is 5.17 Å². The molecule has 1 atom stereocenters. The Morgan fingerprint density at radius 3 is 2.64 bits per heavy atom. The molecule has 3 aliphatic rings. The van der Waals surface area contributed by atoms with Gasteiger partial charge in [0.1, 0.15) is 11.0 Å². The normalized spacial score (nSPS) is 22.4. The minimum atomic E-state index is -0.278. The van der Waals surface area contributed by atoms with E-state index in [0.29, 0.717) is 25.4 Å². The summed E-state index contributed by atoms with van der Waals surface area (Å²) in [5.41, 5.74) is 1.33. The van der Waals surface area contributed by atoms with E-state index < -0.39 is 0 Å². The van der Waals surface area contributed by atoms with E-state index in [-0.39, 0.29) is 17.1 Å². The van der Waals surface area contributed by atoms with Crippen LogP contribution in [0.2, 0.25) is 0 Å². The van der Waals surface area contributed by atoms with Gasteiger partial charge in [0.2, 0.25) is 11.8 Å². The number of aliphatic imine (C=N–C) groups is 1. The highest BCUT2D eigenvalue weighted by Crippen LogP contribution is 2.32. The van der Waals surface area contributed by atoms with Crippen LogP contribution in [0, 0.1) is 5.92 Å². The highest BCUT2D eigenvalue weighted by Gasteiger charge is 2.41. The smallest absolute Gasteiger partial charge is 0.242 e. The molecule has 3 aliphatic heterocycles. The van der Waals surface area contributed by atoms with E-state index in [2.05, 4.69) is 17.1 Å².